The molecule has 4 rings (SSSR count). The molecule has 12 nitrogen and oxygen atoms in total. The van der Waals surface area contributed by atoms with Gasteiger partial charge in [0.15, 0.2) is 17.2 Å². The average molecular weight is 547 g/mol. The minimum Gasteiger partial charge on any atom is -0.493 e. The van der Waals surface area contributed by atoms with Gasteiger partial charge in [-0.3, -0.25) is 4.79 Å². The van der Waals surface area contributed by atoms with Gasteiger partial charge >= 0.3 is 6.01 Å². The predicted octanol–water partition coefficient (Wildman–Crippen LogP) is 2.22. The van der Waals surface area contributed by atoms with E-state index in [4.69, 9.17) is 29.4 Å². The number of aromatic nitrogens is 4. The number of hydrogen-bond donors (Lipinski definition) is 1. The fourth-order valence-corrected chi connectivity index (χ4v) is 3.34. The molecule has 0 aliphatic carbocycles. The molecule has 1 fully saturated rings. The fraction of sp³-hybridized carbons (Fsp3) is 0.318. The number of nitrogens with two attached hydrogens (primary N) is 1. The van der Waals surface area contributed by atoms with Crippen molar-refractivity contribution in [1.82, 2.24) is 19.9 Å². The number of carbonyl (C=O) groups is 1. The normalized spacial score (nSPS) is 13.3. The second kappa shape index (κ2) is 11.6. The molecule has 0 spiro atoms. The number of amides is 1. The first-order valence-electron chi connectivity index (χ1n) is 10.6. The Kier molecular flexibility index (Phi) is 8.11. The molecule has 1 aromatic carbocycles. The third-order valence-electron chi connectivity index (χ3n) is 4.78. The van der Waals surface area contributed by atoms with Crippen LogP contribution >= 0.6 is 15.9 Å². The van der Waals surface area contributed by atoms with Crippen LogP contribution in [0.1, 0.15) is 10.5 Å². The average Bonchev–Trinajstić information content (AvgIpc) is 2.89. The van der Waals surface area contributed by atoms with E-state index in [1.165, 1.54) is 7.11 Å². The molecule has 0 unspecified atom stereocenters. The summed E-state index contributed by atoms with van der Waals surface area (Å²) in [5.74, 6) is 0.268. The number of anilines is 1. The molecule has 3 heterocycles. The van der Waals surface area contributed by atoms with Gasteiger partial charge in [0.25, 0.3) is 11.8 Å². The van der Waals surface area contributed by atoms with E-state index in [0.717, 1.165) is 4.47 Å². The van der Waals surface area contributed by atoms with Gasteiger partial charge in [-0.2, -0.15) is 4.98 Å². The van der Waals surface area contributed by atoms with E-state index in [0.29, 0.717) is 37.8 Å². The maximum atomic E-state index is 12.4. The molecule has 1 amide bonds. The van der Waals surface area contributed by atoms with E-state index in [2.05, 4.69) is 35.9 Å². The van der Waals surface area contributed by atoms with Crippen molar-refractivity contribution >= 4 is 27.8 Å². The summed E-state index contributed by atoms with van der Waals surface area (Å²) in [7, 11) is 1.51. The summed E-state index contributed by atoms with van der Waals surface area (Å²) in [5.41, 5.74) is 5.54. The van der Waals surface area contributed by atoms with Crippen molar-refractivity contribution in [3.05, 3.63) is 46.8 Å². The third-order valence-corrected chi connectivity index (χ3v) is 5.19. The molecule has 2 aromatic heterocycles. The van der Waals surface area contributed by atoms with Crippen LogP contribution < -0.4 is 29.6 Å². The van der Waals surface area contributed by atoms with Crippen LogP contribution in [0.15, 0.2) is 41.1 Å². The maximum Gasteiger partial charge on any atom is 0.316 e. The Bertz CT molecular complexity index is 1160. The summed E-state index contributed by atoms with van der Waals surface area (Å²) in [6, 6.07) is 7.14. The molecule has 0 bridgehead atoms. The van der Waals surface area contributed by atoms with Crippen LogP contribution in [0, 0.1) is 0 Å². The number of rotatable bonds is 10. The molecule has 184 valence electrons. The largest absolute Gasteiger partial charge is 0.493 e. The lowest BCUT2D eigenvalue weighted by Crippen LogP contribution is -2.37. The van der Waals surface area contributed by atoms with Crippen LogP contribution in [0.2, 0.25) is 0 Å². The van der Waals surface area contributed by atoms with E-state index in [1.54, 1.807) is 36.7 Å². The van der Waals surface area contributed by atoms with Crippen molar-refractivity contribution in [3.8, 4) is 29.1 Å². The molecule has 2 N–H and O–H groups in total. The molecule has 1 aliphatic rings. The summed E-state index contributed by atoms with van der Waals surface area (Å²) >= 11 is 3.27. The highest BCUT2D eigenvalue weighted by molar-refractivity contribution is 9.10. The standard InChI is InChI=1S/C22H23BrN6O6/c1-31-15-4-2-3-5-16(15)35-18-17(19(24)30)27-21(29-6-8-32-9-7-29)28-20(18)33-10-11-34-22-25-12-14(23)13-26-22/h2-5,12-13H,6-11H2,1H3,(H2,24,30). The summed E-state index contributed by atoms with van der Waals surface area (Å²) < 4.78 is 28.9. The molecule has 35 heavy (non-hydrogen) atoms. The summed E-state index contributed by atoms with van der Waals surface area (Å²) in [4.78, 5) is 31.2. The smallest absolute Gasteiger partial charge is 0.316 e. The van der Waals surface area contributed by atoms with Gasteiger partial charge in [0.2, 0.25) is 11.7 Å². The zero-order chi connectivity index (χ0) is 24.6. The van der Waals surface area contributed by atoms with Crippen molar-refractivity contribution in [3.63, 3.8) is 0 Å². The SMILES string of the molecule is COc1ccccc1Oc1c(OCCOc2ncc(Br)cn2)nc(N2CCOCC2)nc1C(N)=O. The number of ether oxygens (including phenoxy) is 5. The molecular formula is C22H23BrN6O6. The molecule has 0 radical (unpaired) electrons. The minimum absolute atomic E-state index is 0.0288. The Hall–Kier alpha value is -3.71. The Balaban J connectivity index is 1.62. The number of benzene rings is 1. The highest BCUT2D eigenvalue weighted by Crippen LogP contribution is 2.38. The van der Waals surface area contributed by atoms with Crippen LogP contribution in [-0.4, -0.2) is 72.5 Å². The highest BCUT2D eigenvalue weighted by Gasteiger charge is 2.26. The third kappa shape index (κ3) is 6.25. The van der Waals surface area contributed by atoms with E-state index >= 15 is 0 Å². The van der Waals surface area contributed by atoms with Crippen molar-refractivity contribution < 1.29 is 28.5 Å². The van der Waals surface area contributed by atoms with Crippen LogP contribution in [0.5, 0.6) is 29.1 Å². The monoisotopic (exact) mass is 546 g/mol. The lowest BCUT2D eigenvalue weighted by molar-refractivity contribution is 0.0991. The summed E-state index contributed by atoms with van der Waals surface area (Å²) in [6.45, 7) is 2.28. The zero-order valence-electron chi connectivity index (χ0n) is 18.8. The van der Waals surface area contributed by atoms with Crippen LogP contribution in [0.4, 0.5) is 5.95 Å². The molecule has 3 aromatic rings. The number of primary amides is 1. The first kappa shape index (κ1) is 24.4. The minimum atomic E-state index is -0.795. The molecule has 13 heteroatoms. The van der Waals surface area contributed by atoms with Crippen molar-refractivity contribution in [1.29, 1.82) is 0 Å². The van der Waals surface area contributed by atoms with Crippen LogP contribution in [-0.2, 0) is 4.74 Å². The number of carbonyl (C=O) groups excluding carboxylic acids is 1. The predicted molar refractivity (Wildman–Crippen MR) is 127 cm³/mol. The Morgan fingerprint density at radius 1 is 1.09 bits per heavy atom. The van der Waals surface area contributed by atoms with E-state index in [-0.39, 0.29) is 42.5 Å². The number of morpholine rings is 1. The number of para-hydroxylation sites is 2. The number of hydrogen-bond acceptors (Lipinski definition) is 11. The Labute approximate surface area is 209 Å². The quantitative estimate of drug-likeness (QED) is 0.373. The summed E-state index contributed by atoms with van der Waals surface area (Å²) in [6.07, 6.45) is 3.14. The molecular weight excluding hydrogens is 524 g/mol. The first-order chi connectivity index (χ1) is 17.0. The number of nitrogens with zero attached hydrogens (tertiary/aromatic N) is 5. The van der Waals surface area contributed by atoms with E-state index in [1.807, 2.05) is 4.90 Å². The Morgan fingerprint density at radius 3 is 2.46 bits per heavy atom. The first-order valence-corrected chi connectivity index (χ1v) is 11.4. The topological polar surface area (TPSA) is 144 Å². The molecule has 0 saturated carbocycles. The van der Waals surface area contributed by atoms with Gasteiger partial charge in [0, 0.05) is 25.5 Å². The van der Waals surface area contributed by atoms with E-state index < -0.39 is 5.91 Å². The number of halogens is 1. The molecule has 0 atom stereocenters. The van der Waals surface area contributed by atoms with Crippen molar-refractivity contribution in [2.75, 3.05) is 51.5 Å². The van der Waals surface area contributed by atoms with Gasteiger partial charge < -0.3 is 34.3 Å². The lowest BCUT2D eigenvalue weighted by Gasteiger charge is -2.27. The second-order valence-corrected chi connectivity index (χ2v) is 8.02. The van der Waals surface area contributed by atoms with Crippen LogP contribution in [0.25, 0.3) is 0 Å². The van der Waals surface area contributed by atoms with Crippen LogP contribution in [0.3, 0.4) is 0 Å². The maximum absolute atomic E-state index is 12.4. The number of methoxy groups -OCH3 is 1. The van der Waals surface area contributed by atoms with Gasteiger partial charge in [0.1, 0.15) is 13.2 Å². The second-order valence-electron chi connectivity index (χ2n) is 7.10. The Morgan fingerprint density at radius 2 is 1.77 bits per heavy atom. The zero-order valence-corrected chi connectivity index (χ0v) is 20.4. The lowest BCUT2D eigenvalue weighted by atomic mass is 10.3. The van der Waals surface area contributed by atoms with Crippen molar-refractivity contribution in [2.45, 2.75) is 0 Å². The molecule has 1 saturated heterocycles. The van der Waals surface area contributed by atoms with Gasteiger partial charge in [0.05, 0.1) is 24.8 Å². The van der Waals surface area contributed by atoms with Gasteiger partial charge in [-0.05, 0) is 28.1 Å². The summed E-state index contributed by atoms with van der Waals surface area (Å²) in [5, 5.41) is 0. The highest BCUT2D eigenvalue weighted by atomic mass is 79.9. The fourth-order valence-electron chi connectivity index (χ4n) is 3.14. The molecule has 1 aliphatic heterocycles. The van der Waals surface area contributed by atoms with E-state index in [9.17, 15) is 4.79 Å². The van der Waals surface area contributed by atoms with Gasteiger partial charge in [-0.25, -0.2) is 15.0 Å². The van der Waals surface area contributed by atoms with Gasteiger partial charge in [-0.1, -0.05) is 12.1 Å². The van der Waals surface area contributed by atoms with Gasteiger partial charge in [-0.15, -0.1) is 0 Å². The van der Waals surface area contributed by atoms with Crippen molar-refractivity contribution in [2.24, 2.45) is 5.73 Å².